The van der Waals surface area contributed by atoms with E-state index < -0.39 is 0 Å². The number of anilines is 1. The monoisotopic (exact) mass is 238 g/mol. The molecule has 0 spiro atoms. The number of hydrogen-bond acceptors (Lipinski definition) is 2. The number of rotatable bonds is 4. The Hall–Kier alpha value is -0.730. The molecule has 0 aliphatic heterocycles. The number of benzene rings is 1. The Kier molecular flexibility index (Phi) is 3.41. The van der Waals surface area contributed by atoms with Crippen molar-refractivity contribution in [1.82, 2.24) is 4.90 Å². The van der Waals surface area contributed by atoms with Crippen LogP contribution >= 0.6 is 11.6 Å². The van der Waals surface area contributed by atoms with Crippen LogP contribution in [0.5, 0.6) is 0 Å². The molecule has 2 atom stereocenters. The zero-order valence-corrected chi connectivity index (χ0v) is 10.7. The summed E-state index contributed by atoms with van der Waals surface area (Å²) in [6.07, 6.45) is 1.37. The molecule has 0 heterocycles. The molecular weight excluding hydrogens is 220 g/mol. The van der Waals surface area contributed by atoms with Gasteiger partial charge in [-0.05, 0) is 49.1 Å². The highest BCUT2D eigenvalue weighted by atomic mass is 35.5. The normalized spacial score (nSPS) is 23.8. The van der Waals surface area contributed by atoms with Crippen LogP contribution in [0.2, 0.25) is 5.02 Å². The molecule has 2 rings (SSSR count). The van der Waals surface area contributed by atoms with Crippen LogP contribution in [0.25, 0.3) is 0 Å². The van der Waals surface area contributed by atoms with Gasteiger partial charge in [0.25, 0.3) is 0 Å². The van der Waals surface area contributed by atoms with Crippen LogP contribution in [0.4, 0.5) is 5.69 Å². The van der Waals surface area contributed by atoms with Crippen LogP contribution < -0.4 is 5.73 Å². The molecule has 1 aliphatic rings. The molecule has 0 aromatic heterocycles. The van der Waals surface area contributed by atoms with E-state index in [1.165, 1.54) is 6.42 Å². The summed E-state index contributed by atoms with van der Waals surface area (Å²) in [6.45, 7) is 4.35. The predicted octanol–water partition coefficient (Wildman–Crippen LogP) is 3.01. The van der Waals surface area contributed by atoms with Gasteiger partial charge in [-0.1, -0.05) is 18.5 Å². The topological polar surface area (TPSA) is 29.3 Å². The van der Waals surface area contributed by atoms with E-state index in [1.54, 1.807) is 0 Å². The van der Waals surface area contributed by atoms with E-state index in [1.807, 2.05) is 18.2 Å². The third-order valence-electron chi connectivity index (χ3n) is 3.33. The third-order valence-corrected chi connectivity index (χ3v) is 3.70. The van der Waals surface area contributed by atoms with Gasteiger partial charge in [0.2, 0.25) is 0 Å². The quantitative estimate of drug-likeness (QED) is 0.818. The van der Waals surface area contributed by atoms with E-state index in [0.29, 0.717) is 0 Å². The highest BCUT2D eigenvalue weighted by Gasteiger charge is 2.33. The molecule has 1 aliphatic carbocycles. The molecule has 1 aromatic carbocycles. The minimum Gasteiger partial charge on any atom is -0.399 e. The average Bonchev–Trinajstić information content (AvgIpc) is 2.88. The second-order valence-electron chi connectivity index (χ2n) is 5.02. The maximum atomic E-state index is 6.14. The molecule has 0 amide bonds. The van der Waals surface area contributed by atoms with E-state index in [2.05, 4.69) is 18.9 Å². The van der Waals surface area contributed by atoms with Gasteiger partial charge in [-0.15, -0.1) is 0 Å². The minimum absolute atomic E-state index is 0.785. The van der Waals surface area contributed by atoms with Crippen molar-refractivity contribution in [2.75, 3.05) is 19.3 Å². The Bertz CT molecular complexity index is 378. The summed E-state index contributed by atoms with van der Waals surface area (Å²) in [7, 11) is 2.14. The van der Waals surface area contributed by atoms with Crippen LogP contribution in [0.15, 0.2) is 18.2 Å². The fourth-order valence-corrected chi connectivity index (χ4v) is 2.30. The molecule has 88 valence electrons. The summed E-state index contributed by atoms with van der Waals surface area (Å²) in [5.74, 6) is 1.78. The standard InChI is InChI=1S/C13H19ClN2/c1-9-5-10(9)7-16(2)8-11-6-12(15)3-4-13(11)14/h3-4,6,9-10H,5,7-8,15H2,1-2H3. The van der Waals surface area contributed by atoms with Crippen molar-refractivity contribution >= 4 is 17.3 Å². The third kappa shape index (κ3) is 2.89. The summed E-state index contributed by atoms with van der Waals surface area (Å²) >= 11 is 6.14. The lowest BCUT2D eigenvalue weighted by atomic mass is 10.2. The van der Waals surface area contributed by atoms with Crippen molar-refractivity contribution in [1.29, 1.82) is 0 Å². The van der Waals surface area contributed by atoms with E-state index in [9.17, 15) is 0 Å². The SMILES string of the molecule is CC1CC1CN(C)Cc1cc(N)ccc1Cl. The van der Waals surface area contributed by atoms with Crippen LogP contribution in [0, 0.1) is 11.8 Å². The zero-order valence-electron chi connectivity index (χ0n) is 9.91. The molecule has 16 heavy (non-hydrogen) atoms. The van der Waals surface area contributed by atoms with Crippen molar-refractivity contribution in [2.24, 2.45) is 11.8 Å². The Morgan fingerprint density at radius 2 is 2.19 bits per heavy atom. The lowest BCUT2D eigenvalue weighted by Gasteiger charge is -2.17. The van der Waals surface area contributed by atoms with Crippen molar-refractivity contribution in [3.63, 3.8) is 0 Å². The van der Waals surface area contributed by atoms with Gasteiger partial charge in [0.05, 0.1) is 0 Å². The summed E-state index contributed by atoms with van der Waals surface area (Å²) in [4.78, 5) is 2.33. The predicted molar refractivity (Wildman–Crippen MR) is 69.5 cm³/mol. The van der Waals surface area contributed by atoms with Gasteiger partial charge >= 0.3 is 0 Å². The lowest BCUT2D eigenvalue weighted by molar-refractivity contribution is 0.307. The minimum atomic E-state index is 0.785. The largest absolute Gasteiger partial charge is 0.399 e. The number of nitrogen functional groups attached to an aromatic ring is 1. The van der Waals surface area contributed by atoms with Gasteiger partial charge < -0.3 is 10.6 Å². The van der Waals surface area contributed by atoms with Gasteiger partial charge in [0, 0.05) is 23.8 Å². The molecule has 1 saturated carbocycles. The first kappa shape index (κ1) is 11.7. The number of halogens is 1. The molecule has 0 saturated heterocycles. The van der Waals surface area contributed by atoms with Gasteiger partial charge in [-0.2, -0.15) is 0 Å². The fourth-order valence-electron chi connectivity index (χ4n) is 2.12. The highest BCUT2D eigenvalue weighted by molar-refractivity contribution is 6.31. The summed E-state index contributed by atoms with van der Waals surface area (Å²) in [6, 6.07) is 5.68. The van der Waals surface area contributed by atoms with Gasteiger partial charge in [-0.25, -0.2) is 0 Å². The molecule has 2 nitrogen and oxygen atoms in total. The summed E-state index contributed by atoms with van der Waals surface area (Å²) < 4.78 is 0. The van der Waals surface area contributed by atoms with Crippen molar-refractivity contribution in [3.05, 3.63) is 28.8 Å². The Morgan fingerprint density at radius 3 is 2.81 bits per heavy atom. The highest BCUT2D eigenvalue weighted by Crippen LogP contribution is 2.38. The molecule has 2 unspecified atom stereocenters. The van der Waals surface area contributed by atoms with Crippen molar-refractivity contribution in [3.8, 4) is 0 Å². The van der Waals surface area contributed by atoms with Crippen molar-refractivity contribution in [2.45, 2.75) is 19.9 Å². The first-order valence-electron chi connectivity index (χ1n) is 5.78. The molecule has 3 heteroatoms. The summed E-state index contributed by atoms with van der Waals surface area (Å²) in [5, 5.41) is 0.810. The maximum absolute atomic E-state index is 6.14. The van der Waals surface area contributed by atoms with Crippen LogP contribution in [0.1, 0.15) is 18.9 Å². The second kappa shape index (κ2) is 4.64. The molecule has 0 bridgehead atoms. The first-order valence-corrected chi connectivity index (χ1v) is 6.16. The Morgan fingerprint density at radius 1 is 1.50 bits per heavy atom. The molecule has 1 aromatic rings. The average molecular weight is 239 g/mol. The molecule has 1 fully saturated rings. The second-order valence-corrected chi connectivity index (χ2v) is 5.43. The van der Waals surface area contributed by atoms with Gasteiger partial charge in [0.15, 0.2) is 0 Å². The first-order chi connectivity index (χ1) is 7.56. The Labute approximate surface area is 102 Å². The Balaban J connectivity index is 1.94. The lowest BCUT2D eigenvalue weighted by Crippen LogP contribution is -2.21. The molecule has 0 radical (unpaired) electrons. The van der Waals surface area contributed by atoms with E-state index >= 15 is 0 Å². The molecular formula is C13H19ClN2. The van der Waals surface area contributed by atoms with E-state index in [4.69, 9.17) is 17.3 Å². The fraction of sp³-hybridized carbons (Fsp3) is 0.538. The van der Waals surface area contributed by atoms with E-state index in [0.717, 1.165) is 41.2 Å². The zero-order chi connectivity index (χ0) is 11.7. The number of nitrogens with zero attached hydrogens (tertiary/aromatic N) is 1. The number of nitrogens with two attached hydrogens (primary N) is 1. The van der Waals surface area contributed by atoms with E-state index in [-0.39, 0.29) is 0 Å². The molecule has 2 N–H and O–H groups in total. The summed E-state index contributed by atoms with van der Waals surface area (Å²) in [5.41, 5.74) is 7.67. The maximum Gasteiger partial charge on any atom is 0.0452 e. The number of hydrogen-bond donors (Lipinski definition) is 1. The van der Waals surface area contributed by atoms with Crippen LogP contribution in [0.3, 0.4) is 0 Å². The van der Waals surface area contributed by atoms with Crippen LogP contribution in [-0.2, 0) is 6.54 Å². The van der Waals surface area contributed by atoms with Crippen LogP contribution in [-0.4, -0.2) is 18.5 Å². The van der Waals surface area contributed by atoms with Gasteiger partial charge in [0.1, 0.15) is 0 Å². The smallest absolute Gasteiger partial charge is 0.0452 e. The van der Waals surface area contributed by atoms with Crippen molar-refractivity contribution < 1.29 is 0 Å². The van der Waals surface area contributed by atoms with Gasteiger partial charge in [-0.3, -0.25) is 0 Å².